The summed E-state index contributed by atoms with van der Waals surface area (Å²) in [6.45, 7) is 1.97. The number of esters is 1. The molecule has 0 aliphatic carbocycles. The number of carbonyl (C=O) groups is 2. The zero-order chi connectivity index (χ0) is 29.6. The first kappa shape index (κ1) is 29.4. The molecule has 4 aromatic carbocycles. The molecule has 0 bridgehead atoms. The lowest BCUT2D eigenvalue weighted by Crippen LogP contribution is -2.28. The molecule has 11 heteroatoms. The first-order valence-electron chi connectivity index (χ1n) is 13.1. The number of aromatic nitrogens is 3. The number of amides is 1. The molecule has 1 heterocycles. The zero-order valence-electron chi connectivity index (χ0n) is 22.4. The van der Waals surface area contributed by atoms with Gasteiger partial charge < -0.3 is 14.8 Å². The fourth-order valence-corrected chi connectivity index (χ4v) is 4.98. The molecule has 1 atom stereocenters. The standard InChI is InChI=1S/C31H25Cl3N4O4/c1-2-26(19-6-4-3-5-7-19)35-31(40)20-8-12-28-27(15-20)36-37-38(28)17-21-14-23(10-11-24(21)33)41-18-30(39)42-29-13-9-22(32)16-25(29)34/h3-16,26H,2,17-18H2,1H3,(H,35,40)/t26-/m1/s1. The van der Waals surface area contributed by atoms with Gasteiger partial charge in [-0.3, -0.25) is 4.79 Å². The number of hydrogen-bond acceptors (Lipinski definition) is 6. The van der Waals surface area contributed by atoms with E-state index in [0.29, 0.717) is 32.4 Å². The molecule has 5 rings (SSSR count). The van der Waals surface area contributed by atoms with Crippen LogP contribution in [0.15, 0.2) is 84.9 Å². The Morgan fingerprint density at radius 3 is 2.50 bits per heavy atom. The number of hydrogen-bond donors (Lipinski definition) is 1. The van der Waals surface area contributed by atoms with Gasteiger partial charge in [-0.15, -0.1) is 5.10 Å². The van der Waals surface area contributed by atoms with Gasteiger partial charge in [0.25, 0.3) is 5.91 Å². The van der Waals surface area contributed by atoms with Gasteiger partial charge in [-0.1, -0.05) is 77.3 Å². The average molecular weight is 624 g/mol. The van der Waals surface area contributed by atoms with E-state index in [9.17, 15) is 9.59 Å². The highest BCUT2D eigenvalue weighted by molar-refractivity contribution is 6.35. The van der Waals surface area contributed by atoms with Crippen molar-refractivity contribution in [1.29, 1.82) is 0 Å². The summed E-state index contributed by atoms with van der Waals surface area (Å²) >= 11 is 18.4. The van der Waals surface area contributed by atoms with Crippen molar-refractivity contribution in [1.82, 2.24) is 20.3 Å². The predicted molar refractivity (Wildman–Crippen MR) is 163 cm³/mol. The van der Waals surface area contributed by atoms with Gasteiger partial charge in [-0.25, -0.2) is 9.48 Å². The van der Waals surface area contributed by atoms with Crippen LogP contribution in [0.25, 0.3) is 11.0 Å². The van der Waals surface area contributed by atoms with Gasteiger partial charge in [0.1, 0.15) is 17.0 Å². The van der Waals surface area contributed by atoms with Crippen LogP contribution >= 0.6 is 34.8 Å². The van der Waals surface area contributed by atoms with E-state index in [0.717, 1.165) is 17.5 Å². The van der Waals surface area contributed by atoms with Crippen LogP contribution in [0, 0.1) is 0 Å². The van der Waals surface area contributed by atoms with E-state index in [1.807, 2.05) is 37.3 Å². The second kappa shape index (κ2) is 13.2. The van der Waals surface area contributed by atoms with E-state index in [4.69, 9.17) is 44.3 Å². The van der Waals surface area contributed by atoms with E-state index in [1.54, 1.807) is 47.1 Å². The third kappa shape index (κ3) is 7.02. The third-order valence-corrected chi connectivity index (χ3v) is 7.40. The Hall–Kier alpha value is -4.11. The lowest BCUT2D eigenvalue weighted by atomic mass is 10.0. The fourth-order valence-electron chi connectivity index (χ4n) is 4.35. The van der Waals surface area contributed by atoms with Crippen molar-refractivity contribution in [2.24, 2.45) is 0 Å². The van der Waals surface area contributed by atoms with Crippen molar-refractivity contribution < 1.29 is 19.1 Å². The van der Waals surface area contributed by atoms with Crippen molar-refractivity contribution in [3.8, 4) is 11.5 Å². The molecule has 0 unspecified atom stereocenters. The molecule has 214 valence electrons. The van der Waals surface area contributed by atoms with Gasteiger partial charge in [0.15, 0.2) is 6.61 Å². The molecule has 0 radical (unpaired) electrons. The Morgan fingerprint density at radius 2 is 1.74 bits per heavy atom. The Morgan fingerprint density at radius 1 is 0.929 bits per heavy atom. The minimum Gasteiger partial charge on any atom is -0.482 e. The summed E-state index contributed by atoms with van der Waals surface area (Å²) in [6.07, 6.45) is 0.760. The summed E-state index contributed by atoms with van der Waals surface area (Å²) in [5, 5.41) is 12.7. The molecule has 5 aromatic rings. The van der Waals surface area contributed by atoms with Crippen LogP contribution in [0.4, 0.5) is 0 Å². The molecule has 8 nitrogen and oxygen atoms in total. The zero-order valence-corrected chi connectivity index (χ0v) is 24.7. The summed E-state index contributed by atoms with van der Waals surface area (Å²) < 4.78 is 12.6. The van der Waals surface area contributed by atoms with E-state index >= 15 is 0 Å². The minimum absolute atomic E-state index is 0.0983. The van der Waals surface area contributed by atoms with Crippen molar-refractivity contribution in [2.75, 3.05) is 6.61 Å². The van der Waals surface area contributed by atoms with Crippen molar-refractivity contribution in [3.05, 3.63) is 117 Å². The molecule has 1 N–H and O–H groups in total. The topological polar surface area (TPSA) is 95.3 Å². The second-order valence-electron chi connectivity index (χ2n) is 9.39. The second-order valence-corrected chi connectivity index (χ2v) is 10.6. The lowest BCUT2D eigenvalue weighted by Gasteiger charge is -2.17. The average Bonchev–Trinajstić information content (AvgIpc) is 3.39. The molecule has 0 spiro atoms. The first-order valence-corrected chi connectivity index (χ1v) is 14.2. The summed E-state index contributed by atoms with van der Waals surface area (Å²) in [6, 6.07) is 24.6. The van der Waals surface area contributed by atoms with E-state index in [1.165, 1.54) is 12.1 Å². The normalized spacial score (nSPS) is 11.7. The van der Waals surface area contributed by atoms with Gasteiger partial charge in [0.2, 0.25) is 0 Å². The van der Waals surface area contributed by atoms with Crippen molar-refractivity contribution in [2.45, 2.75) is 25.9 Å². The number of nitrogens with zero attached hydrogens (tertiary/aromatic N) is 3. The van der Waals surface area contributed by atoms with Gasteiger partial charge in [0.05, 0.1) is 23.1 Å². The van der Waals surface area contributed by atoms with Gasteiger partial charge >= 0.3 is 5.97 Å². The van der Waals surface area contributed by atoms with Crippen LogP contribution in [0.2, 0.25) is 15.1 Å². The van der Waals surface area contributed by atoms with Crippen LogP contribution in [-0.4, -0.2) is 33.5 Å². The SMILES string of the molecule is CC[C@@H](NC(=O)c1ccc2c(c1)nnn2Cc1cc(OCC(=O)Oc2ccc(Cl)cc2Cl)ccc1Cl)c1ccccc1. The summed E-state index contributed by atoms with van der Waals surface area (Å²) in [4.78, 5) is 25.3. The van der Waals surface area contributed by atoms with Gasteiger partial charge in [0, 0.05) is 15.6 Å². The number of carbonyl (C=O) groups excluding carboxylic acids is 2. The van der Waals surface area contributed by atoms with Gasteiger partial charge in [-0.2, -0.15) is 0 Å². The monoisotopic (exact) mass is 622 g/mol. The maximum absolute atomic E-state index is 13.0. The maximum atomic E-state index is 13.0. The Labute approximate surface area is 257 Å². The Kier molecular flexibility index (Phi) is 9.27. The number of nitrogens with one attached hydrogen (secondary N) is 1. The summed E-state index contributed by atoms with van der Waals surface area (Å²) in [7, 11) is 0. The molecule has 42 heavy (non-hydrogen) atoms. The van der Waals surface area contributed by atoms with Gasteiger partial charge in [-0.05, 0) is 72.1 Å². The molecule has 1 amide bonds. The van der Waals surface area contributed by atoms with E-state index < -0.39 is 5.97 Å². The van der Waals surface area contributed by atoms with Crippen molar-refractivity contribution in [3.63, 3.8) is 0 Å². The molecule has 0 saturated carbocycles. The predicted octanol–water partition coefficient (Wildman–Crippen LogP) is 7.31. The van der Waals surface area contributed by atoms with Crippen LogP contribution in [-0.2, 0) is 11.3 Å². The molecule has 0 fully saturated rings. The number of benzene rings is 4. The molecule has 0 saturated heterocycles. The van der Waals surface area contributed by atoms with Crippen LogP contribution in [0.1, 0.15) is 40.9 Å². The first-order chi connectivity index (χ1) is 20.3. The number of rotatable bonds is 10. The fraction of sp³-hybridized carbons (Fsp3) is 0.161. The molecular formula is C31H25Cl3N4O4. The van der Waals surface area contributed by atoms with Crippen LogP contribution in [0.5, 0.6) is 11.5 Å². The van der Waals surface area contributed by atoms with E-state index in [-0.39, 0.29) is 35.9 Å². The molecule has 1 aromatic heterocycles. The van der Waals surface area contributed by atoms with E-state index in [2.05, 4.69) is 15.6 Å². The smallest absolute Gasteiger partial charge is 0.349 e. The third-order valence-electron chi connectivity index (χ3n) is 6.50. The van der Waals surface area contributed by atoms with Crippen LogP contribution in [0.3, 0.4) is 0 Å². The summed E-state index contributed by atoms with van der Waals surface area (Å²) in [5.41, 5.74) is 3.54. The largest absolute Gasteiger partial charge is 0.482 e. The summed E-state index contributed by atoms with van der Waals surface area (Å²) in [5.74, 6) is -0.217. The molecule has 0 aliphatic rings. The Balaban J connectivity index is 1.25. The maximum Gasteiger partial charge on any atom is 0.349 e. The molecule has 0 aliphatic heterocycles. The number of ether oxygens (including phenoxy) is 2. The van der Waals surface area contributed by atoms with Crippen molar-refractivity contribution >= 4 is 57.7 Å². The Bertz CT molecular complexity index is 1740. The number of halogens is 3. The highest BCUT2D eigenvalue weighted by Gasteiger charge is 2.17. The number of fused-ring (bicyclic) bond motifs is 1. The van der Waals surface area contributed by atoms with Crippen LogP contribution < -0.4 is 14.8 Å². The highest BCUT2D eigenvalue weighted by Crippen LogP contribution is 2.28. The molecular weight excluding hydrogens is 599 g/mol. The highest BCUT2D eigenvalue weighted by atomic mass is 35.5. The lowest BCUT2D eigenvalue weighted by molar-refractivity contribution is -0.136. The minimum atomic E-state index is -0.633. The quantitative estimate of drug-likeness (QED) is 0.130.